The molecule has 6 nitrogen and oxygen atoms in total. The van der Waals surface area contributed by atoms with Crippen LogP contribution in [0.5, 0.6) is 11.5 Å². The molecule has 0 aliphatic heterocycles. The normalized spacial score (nSPS) is 10.7. The van der Waals surface area contributed by atoms with Crippen LogP contribution in [0.25, 0.3) is 45.0 Å². The number of nitrogens with zero attached hydrogens (tertiary/aromatic N) is 2. The molecule has 2 heterocycles. The Morgan fingerprint density at radius 1 is 0.354 bits per heavy atom. The Bertz CT molecular complexity index is 1910. The summed E-state index contributed by atoms with van der Waals surface area (Å²) in [6.45, 7) is 0. The molecule has 0 saturated heterocycles. The lowest BCUT2D eigenvalue weighted by molar-refractivity contribution is 0.0719. The number of rotatable bonds is 8. The van der Waals surface area contributed by atoms with Crippen molar-refractivity contribution in [2.45, 2.75) is 0 Å². The van der Waals surface area contributed by atoms with Gasteiger partial charge in [-0.2, -0.15) is 0 Å². The third-order valence-electron chi connectivity index (χ3n) is 7.65. The number of benzene rings is 5. The lowest BCUT2D eigenvalue weighted by atomic mass is 10.0. The van der Waals surface area contributed by atoms with Crippen molar-refractivity contribution in [2.75, 3.05) is 0 Å². The number of hydrogen-bond donors (Lipinski definition) is 0. The second kappa shape index (κ2) is 13.8. The fourth-order valence-corrected chi connectivity index (χ4v) is 5.23. The highest BCUT2D eigenvalue weighted by molar-refractivity contribution is 5.94. The monoisotopic (exact) mass is 624 g/mol. The van der Waals surface area contributed by atoms with Gasteiger partial charge in [0.15, 0.2) is 0 Å². The van der Waals surface area contributed by atoms with Gasteiger partial charge in [0.1, 0.15) is 11.5 Å². The fourth-order valence-electron chi connectivity index (χ4n) is 5.23. The topological polar surface area (TPSA) is 78.4 Å². The zero-order valence-corrected chi connectivity index (χ0v) is 25.7. The highest BCUT2D eigenvalue weighted by Gasteiger charge is 2.17. The van der Waals surface area contributed by atoms with Crippen LogP contribution in [0.15, 0.2) is 170 Å². The van der Waals surface area contributed by atoms with Gasteiger partial charge in [0.05, 0.1) is 33.9 Å². The highest BCUT2D eigenvalue weighted by Crippen LogP contribution is 2.28. The number of hydrogen-bond acceptors (Lipinski definition) is 6. The number of ether oxygens (including phenoxy) is 2. The predicted octanol–water partition coefficient (Wildman–Crippen LogP) is 9.58. The quantitative estimate of drug-likeness (QED) is 0.124. The molecule has 0 unspecified atom stereocenters. The summed E-state index contributed by atoms with van der Waals surface area (Å²) < 4.78 is 11.5. The molecule has 0 amide bonds. The van der Waals surface area contributed by atoms with E-state index in [9.17, 15) is 9.59 Å². The van der Waals surface area contributed by atoms with Gasteiger partial charge in [0, 0.05) is 22.3 Å². The van der Waals surface area contributed by atoms with Crippen LogP contribution in [0, 0.1) is 0 Å². The maximum absolute atomic E-state index is 13.4. The molecule has 0 N–H and O–H groups in total. The van der Waals surface area contributed by atoms with E-state index in [2.05, 4.69) is 0 Å². The van der Waals surface area contributed by atoms with Crippen molar-refractivity contribution in [1.82, 2.24) is 9.97 Å². The van der Waals surface area contributed by atoms with Gasteiger partial charge < -0.3 is 9.47 Å². The smallest absolute Gasteiger partial charge is 0.343 e. The summed E-state index contributed by atoms with van der Waals surface area (Å²) in [5.41, 5.74) is 6.90. The first-order valence-electron chi connectivity index (χ1n) is 15.4. The fraction of sp³-hybridized carbons (Fsp3) is 0. The molecule has 0 radical (unpaired) electrons. The Balaban J connectivity index is 1.11. The van der Waals surface area contributed by atoms with E-state index in [1.54, 1.807) is 48.5 Å². The first-order valence-corrected chi connectivity index (χ1v) is 15.4. The number of pyridine rings is 2. The zero-order valence-electron chi connectivity index (χ0n) is 25.7. The molecular formula is C42H28N2O4. The van der Waals surface area contributed by atoms with Crippen molar-refractivity contribution in [2.24, 2.45) is 0 Å². The summed E-state index contributed by atoms with van der Waals surface area (Å²) in [5, 5.41) is 0. The average molecular weight is 625 g/mol. The van der Waals surface area contributed by atoms with Crippen LogP contribution in [0.3, 0.4) is 0 Å². The lowest BCUT2D eigenvalue weighted by Crippen LogP contribution is -2.11. The van der Waals surface area contributed by atoms with Crippen LogP contribution in [0.2, 0.25) is 0 Å². The standard InChI is InChI=1S/C42H28N2O4/c45-41(33-25-37(29-13-5-1-6-14-29)43-38(26-33)30-15-7-2-8-16-30)47-35-21-23-36(24-22-35)48-42(46)34-27-39(31-17-9-3-10-18-31)44-40(28-34)32-19-11-4-12-20-32/h1-28H. The lowest BCUT2D eigenvalue weighted by Gasteiger charge is -2.11. The molecule has 0 fully saturated rings. The Kier molecular flexibility index (Phi) is 8.61. The van der Waals surface area contributed by atoms with Gasteiger partial charge in [0.25, 0.3) is 0 Å². The van der Waals surface area contributed by atoms with E-state index in [0.29, 0.717) is 45.4 Å². The summed E-state index contributed by atoms with van der Waals surface area (Å²) in [6.07, 6.45) is 0. The summed E-state index contributed by atoms with van der Waals surface area (Å²) in [6, 6.07) is 52.0. The summed E-state index contributed by atoms with van der Waals surface area (Å²) in [5.74, 6) is -0.452. The minimum atomic E-state index is -0.532. The van der Waals surface area contributed by atoms with Crippen LogP contribution in [0.4, 0.5) is 0 Å². The van der Waals surface area contributed by atoms with Crippen LogP contribution in [-0.4, -0.2) is 21.9 Å². The third-order valence-corrected chi connectivity index (χ3v) is 7.65. The number of aromatic nitrogens is 2. The van der Waals surface area contributed by atoms with Gasteiger partial charge in [-0.15, -0.1) is 0 Å². The van der Waals surface area contributed by atoms with E-state index in [1.807, 2.05) is 121 Å². The third kappa shape index (κ3) is 6.93. The molecule has 0 aliphatic rings. The van der Waals surface area contributed by atoms with E-state index in [4.69, 9.17) is 19.4 Å². The van der Waals surface area contributed by atoms with E-state index < -0.39 is 11.9 Å². The minimum absolute atomic E-state index is 0.306. The van der Waals surface area contributed by atoms with Gasteiger partial charge in [-0.25, -0.2) is 19.6 Å². The second-order valence-electron chi connectivity index (χ2n) is 11.0. The van der Waals surface area contributed by atoms with Crippen LogP contribution >= 0.6 is 0 Å². The highest BCUT2D eigenvalue weighted by atomic mass is 16.5. The summed E-state index contributed by atoms with van der Waals surface area (Å²) in [7, 11) is 0. The number of carbonyl (C=O) groups excluding carboxylic acids is 2. The van der Waals surface area contributed by atoms with Gasteiger partial charge >= 0.3 is 11.9 Å². The Labute approximate surface area is 277 Å². The van der Waals surface area contributed by atoms with Gasteiger partial charge in [-0.05, 0) is 48.5 Å². The molecule has 230 valence electrons. The van der Waals surface area contributed by atoms with E-state index in [0.717, 1.165) is 22.3 Å². The molecule has 0 atom stereocenters. The Hall–Kier alpha value is -6.66. The minimum Gasteiger partial charge on any atom is -0.423 e. The van der Waals surface area contributed by atoms with Gasteiger partial charge in [-0.1, -0.05) is 121 Å². The molecule has 0 aliphatic carbocycles. The van der Waals surface area contributed by atoms with Crippen molar-refractivity contribution in [3.63, 3.8) is 0 Å². The molecule has 48 heavy (non-hydrogen) atoms. The van der Waals surface area contributed by atoms with Crippen LogP contribution in [0.1, 0.15) is 20.7 Å². The maximum atomic E-state index is 13.4. The number of esters is 2. The number of carbonyl (C=O) groups is 2. The predicted molar refractivity (Wildman–Crippen MR) is 187 cm³/mol. The van der Waals surface area contributed by atoms with E-state index in [-0.39, 0.29) is 0 Å². The molecule has 6 heteroatoms. The van der Waals surface area contributed by atoms with Crippen LogP contribution in [-0.2, 0) is 0 Å². The SMILES string of the molecule is O=C(Oc1ccc(OC(=O)c2cc(-c3ccccc3)nc(-c3ccccc3)c2)cc1)c1cc(-c2ccccc2)nc(-c2ccccc2)c1. The van der Waals surface area contributed by atoms with Crippen molar-refractivity contribution >= 4 is 11.9 Å². The van der Waals surface area contributed by atoms with Crippen molar-refractivity contribution in [3.8, 4) is 56.5 Å². The summed E-state index contributed by atoms with van der Waals surface area (Å²) in [4.78, 5) is 36.4. The Morgan fingerprint density at radius 2 is 0.604 bits per heavy atom. The van der Waals surface area contributed by atoms with Gasteiger partial charge in [-0.3, -0.25) is 0 Å². The molecule has 7 rings (SSSR count). The largest absolute Gasteiger partial charge is 0.423 e. The van der Waals surface area contributed by atoms with E-state index in [1.165, 1.54) is 0 Å². The molecule has 0 bridgehead atoms. The molecule has 5 aromatic carbocycles. The first-order chi connectivity index (χ1) is 23.6. The van der Waals surface area contributed by atoms with Crippen molar-refractivity contribution in [3.05, 3.63) is 181 Å². The van der Waals surface area contributed by atoms with Crippen molar-refractivity contribution in [1.29, 1.82) is 0 Å². The molecular weight excluding hydrogens is 596 g/mol. The molecule has 0 spiro atoms. The molecule has 2 aromatic heterocycles. The maximum Gasteiger partial charge on any atom is 0.343 e. The second-order valence-corrected chi connectivity index (χ2v) is 11.0. The van der Waals surface area contributed by atoms with E-state index >= 15 is 0 Å². The van der Waals surface area contributed by atoms with Crippen LogP contribution < -0.4 is 9.47 Å². The summed E-state index contributed by atoms with van der Waals surface area (Å²) >= 11 is 0. The first kappa shape index (κ1) is 30.0. The molecule has 0 saturated carbocycles. The zero-order chi connectivity index (χ0) is 32.7. The average Bonchev–Trinajstić information content (AvgIpc) is 3.16. The Morgan fingerprint density at radius 3 is 0.854 bits per heavy atom. The molecule has 7 aromatic rings. The van der Waals surface area contributed by atoms with Crippen molar-refractivity contribution < 1.29 is 19.1 Å². The van der Waals surface area contributed by atoms with Gasteiger partial charge in [0.2, 0.25) is 0 Å².